The number of aromatic nitrogens is 3. The molecule has 3 aromatic rings. The lowest BCUT2D eigenvalue weighted by atomic mass is 9.81. The number of unbranched alkanes of at least 4 members (excludes halogenated alkanes) is 1. The van der Waals surface area contributed by atoms with Gasteiger partial charge in [-0.2, -0.15) is 0 Å². The van der Waals surface area contributed by atoms with E-state index >= 15 is 0 Å². The van der Waals surface area contributed by atoms with Crippen LogP contribution in [0.25, 0.3) is 11.0 Å². The smallest absolute Gasteiger partial charge is 0.147 e. The lowest BCUT2D eigenvalue weighted by Gasteiger charge is -2.26. The normalized spacial score (nSPS) is 22.2. The summed E-state index contributed by atoms with van der Waals surface area (Å²) in [5.41, 5.74) is 3.67. The highest BCUT2D eigenvalue weighted by Crippen LogP contribution is 2.49. The lowest BCUT2D eigenvalue weighted by Crippen LogP contribution is -2.35. The van der Waals surface area contributed by atoms with Crippen molar-refractivity contribution in [1.82, 2.24) is 19.9 Å². The summed E-state index contributed by atoms with van der Waals surface area (Å²) in [6, 6.07) is 8.80. The average molecular weight is 382 g/mol. The molecule has 0 aliphatic carbocycles. The molecule has 1 saturated heterocycles. The Hall–Kier alpha value is -2.11. The van der Waals surface area contributed by atoms with Crippen molar-refractivity contribution < 1.29 is 0 Å². The van der Waals surface area contributed by atoms with Crippen molar-refractivity contribution in [3.05, 3.63) is 47.4 Å². The van der Waals surface area contributed by atoms with Crippen LogP contribution in [0.3, 0.4) is 0 Å². The summed E-state index contributed by atoms with van der Waals surface area (Å²) < 4.78 is 0. The second-order valence-corrected chi connectivity index (χ2v) is 8.23. The van der Waals surface area contributed by atoms with Crippen LogP contribution >= 0.6 is 11.6 Å². The van der Waals surface area contributed by atoms with Crippen LogP contribution in [-0.4, -0.2) is 46.0 Å². The standard InChI is InChI=1S/C21H24ClN5/c1-2-3-9-26-10-8-21(12-26)13-27(17-7-5-4-6-15(17)21)20-18-16(22)11-23-19(18)24-14-25-20/h4-7,11,14H,2-3,8-10,12-13H2,1H3,(H,23,24,25)/t21-/m1/s1. The monoisotopic (exact) mass is 381 g/mol. The fourth-order valence-electron chi connectivity index (χ4n) is 4.81. The van der Waals surface area contributed by atoms with Crippen LogP contribution in [0.2, 0.25) is 5.02 Å². The molecule has 5 nitrogen and oxygen atoms in total. The zero-order chi connectivity index (χ0) is 18.4. The van der Waals surface area contributed by atoms with Gasteiger partial charge >= 0.3 is 0 Å². The van der Waals surface area contributed by atoms with Gasteiger partial charge in [0, 0.05) is 30.4 Å². The van der Waals surface area contributed by atoms with Crippen molar-refractivity contribution in [2.75, 3.05) is 31.1 Å². The molecule has 2 aliphatic heterocycles. The second-order valence-electron chi connectivity index (χ2n) is 7.82. The van der Waals surface area contributed by atoms with Gasteiger partial charge in [-0.05, 0) is 37.6 Å². The Morgan fingerprint density at radius 2 is 2.11 bits per heavy atom. The van der Waals surface area contributed by atoms with Gasteiger partial charge in [-0.15, -0.1) is 0 Å². The van der Waals surface area contributed by atoms with Gasteiger partial charge in [0.2, 0.25) is 0 Å². The molecule has 0 amide bonds. The number of para-hydroxylation sites is 1. The Bertz CT molecular complexity index is 984. The predicted molar refractivity (Wildman–Crippen MR) is 110 cm³/mol. The molecular formula is C21H24ClN5. The maximum absolute atomic E-state index is 6.47. The molecular weight excluding hydrogens is 358 g/mol. The number of halogens is 1. The zero-order valence-corrected chi connectivity index (χ0v) is 16.3. The fraction of sp³-hybridized carbons (Fsp3) is 0.429. The molecule has 1 atom stereocenters. The van der Waals surface area contributed by atoms with E-state index in [1.54, 1.807) is 12.5 Å². The number of anilines is 2. The minimum absolute atomic E-state index is 0.171. The Balaban J connectivity index is 1.57. The van der Waals surface area contributed by atoms with Crippen LogP contribution < -0.4 is 4.90 Å². The summed E-state index contributed by atoms with van der Waals surface area (Å²) >= 11 is 6.47. The molecule has 4 heterocycles. The van der Waals surface area contributed by atoms with Crippen LogP contribution in [0, 0.1) is 0 Å². The molecule has 6 heteroatoms. The first-order valence-electron chi connectivity index (χ1n) is 9.79. The van der Waals surface area contributed by atoms with Crippen LogP contribution in [0.15, 0.2) is 36.8 Å². The molecule has 1 spiro atoms. The lowest BCUT2D eigenvalue weighted by molar-refractivity contribution is 0.310. The average Bonchev–Trinajstić information content (AvgIpc) is 3.38. The molecule has 1 N–H and O–H groups in total. The maximum Gasteiger partial charge on any atom is 0.147 e. The summed E-state index contributed by atoms with van der Waals surface area (Å²) in [7, 11) is 0. The topological polar surface area (TPSA) is 48.1 Å². The number of fused-ring (bicyclic) bond motifs is 3. The molecule has 2 aromatic heterocycles. The molecule has 0 saturated carbocycles. The third kappa shape index (κ3) is 2.64. The second kappa shape index (κ2) is 6.50. The van der Waals surface area contributed by atoms with Gasteiger partial charge in [-0.25, -0.2) is 9.97 Å². The van der Waals surface area contributed by atoms with Gasteiger partial charge in [-0.1, -0.05) is 43.1 Å². The molecule has 5 rings (SSSR count). The van der Waals surface area contributed by atoms with Gasteiger partial charge in [-0.3, -0.25) is 0 Å². The number of H-pyrrole nitrogens is 1. The maximum atomic E-state index is 6.47. The number of nitrogens with zero attached hydrogens (tertiary/aromatic N) is 4. The first-order valence-corrected chi connectivity index (χ1v) is 10.2. The van der Waals surface area contributed by atoms with Gasteiger partial charge < -0.3 is 14.8 Å². The van der Waals surface area contributed by atoms with Gasteiger partial charge in [0.25, 0.3) is 0 Å². The number of benzene rings is 1. The third-order valence-electron chi connectivity index (χ3n) is 6.15. The Labute approximate surface area is 164 Å². The first kappa shape index (κ1) is 17.0. The highest BCUT2D eigenvalue weighted by Gasteiger charge is 2.47. The summed E-state index contributed by atoms with van der Waals surface area (Å²) in [5.74, 6) is 0.905. The summed E-state index contributed by atoms with van der Waals surface area (Å²) in [5, 5.41) is 1.59. The summed E-state index contributed by atoms with van der Waals surface area (Å²) in [4.78, 5) is 17.1. The highest BCUT2D eigenvalue weighted by molar-refractivity contribution is 6.36. The van der Waals surface area contributed by atoms with Crippen molar-refractivity contribution in [3.8, 4) is 0 Å². The van der Waals surface area contributed by atoms with E-state index < -0.39 is 0 Å². The molecule has 0 bridgehead atoms. The fourth-order valence-corrected chi connectivity index (χ4v) is 5.04. The zero-order valence-electron chi connectivity index (χ0n) is 15.6. The van der Waals surface area contributed by atoms with Crippen molar-refractivity contribution in [1.29, 1.82) is 0 Å². The van der Waals surface area contributed by atoms with Crippen molar-refractivity contribution in [2.24, 2.45) is 0 Å². The first-order chi connectivity index (χ1) is 13.2. The number of aromatic amines is 1. The van der Waals surface area contributed by atoms with Crippen molar-refractivity contribution in [3.63, 3.8) is 0 Å². The molecule has 27 heavy (non-hydrogen) atoms. The summed E-state index contributed by atoms with van der Waals surface area (Å²) in [6.07, 6.45) is 7.13. The van der Waals surface area contributed by atoms with E-state index in [0.717, 1.165) is 29.9 Å². The van der Waals surface area contributed by atoms with Crippen LogP contribution in [0.5, 0.6) is 0 Å². The molecule has 0 radical (unpaired) electrons. The SMILES string of the molecule is CCCCN1CC[C@@]2(C1)CN(c1ncnc3[nH]cc(Cl)c13)c1ccccc12. The highest BCUT2D eigenvalue weighted by atomic mass is 35.5. The quantitative estimate of drug-likeness (QED) is 0.722. The molecule has 1 aromatic carbocycles. The van der Waals surface area contributed by atoms with Crippen LogP contribution in [0.1, 0.15) is 31.7 Å². The summed E-state index contributed by atoms with van der Waals surface area (Å²) in [6.45, 7) is 6.70. The van der Waals surface area contributed by atoms with Crippen LogP contribution in [-0.2, 0) is 5.41 Å². The minimum Gasteiger partial charge on any atom is -0.344 e. The number of hydrogen-bond acceptors (Lipinski definition) is 4. The molecule has 2 aliphatic rings. The molecule has 1 fully saturated rings. The minimum atomic E-state index is 0.171. The van der Waals surface area contributed by atoms with Crippen LogP contribution in [0.4, 0.5) is 11.5 Å². The van der Waals surface area contributed by atoms with Gasteiger partial charge in [0.1, 0.15) is 17.8 Å². The van der Waals surface area contributed by atoms with Gasteiger partial charge in [0.15, 0.2) is 0 Å². The van der Waals surface area contributed by atoms with E-state index in [1.807, 2.05) is 0 Å². The van der Waals surface area contributed by atoms with E-state index in [1.165, 1.54) is 43.6 Å². The Morgan fingerprint density at radius 1 is 1.22 bits per heavy atom. The largest absolute Gasteiger partial charge is 0.344 e. The van der Waals surface area contributed by atoms with E-state index in [0.29, 0.717) is 5.02 Å². The number of rotatable bonds is 4. The van der Waals surface area contributed by atoms with Crippen molar-refractivity contribution in [2.45, 2.75) is 31.6 Å². The van der Waals surface area contributed by atoms with Gasteiger partial charge in [0.05, 0.1) is 10.4 Å². The number of likely N-dealkylation sites (tertiary alicyclic amines) is 1. The van der Waals surface area contributed by atoms with E-state index in [9.17, 15) is 0 Å². The predicted octanol–water partition coefficient (Wildman–Crippen LogP) is 4.51. The third-order valence-corrected chi connectivity index (χ3v) is 6.44. The Morgan fingerprint density at radius 3 is 3.00 bits per heavy atom. The van der Waals surface area contributed by atoms with Crippen molar-refractivity contribution >= 4 is 34.1 Å². The van der Waals surface area contributed by atoms with E-state index in [2.05, 4.69) is 55.9 Å². The van der Waals surface area contributed by atoms with E-state index in [-0.39, 0.29) is 5.41 Å². The Kier molecular flexibility index (Phi) is 4.10. The molecule has 0 unspecified atom stereocenters. The van der Waals surface area contributed by atoms with E-state index in [4.69, 9.17) is 11.6 Å². The molecule has 140 valence electrons. The number of nitrogens with one attached hydrogen (secondary N) is 1. The number of hydrogen-bond donors (Lipinski definition) is 1.